The summed E-state index contributed by atoms with van der Waals surface area (Å²) in [4.78, 5) is 25.6. The van der Waals surface area contributed by atoms with Gasteiger partial charge < -0.3 is 15.0 Å². The first-order chi connectivity index (χ1) is 16.1. The van der Waals surface area contributed by atoms with Crippen LogP contribution in [0.25, 0.3) is 5.69 Å². The quantitative estimate of drug-likeness (QED) is 0.599. The number of nitrogens with zero attached hydrogens (tertiary/aromatic N) is 3. The van der Waals surface area contributed by atoms with E-state index >= 15 is 0 Å². The Morgan fingerprint density at radius 3 is 2.73 bits per heavy atom. The topological polar surface area (TPSA) is 76.5 Å². The van der Waals surface area contributed by atoms with Gasteiger partial charge in [-0.25, -0.2) is 9.07 Å². The summed E-state index contributed by atoms with van der Waals surface area (Å²) < 4.78 is 21.2. The van der Waals surface area contributed by atoms with Crippen LogP contribution >= 0.6 is 0 Å². The molecule has 0 saturated carbocycles. The van der Waals surface area contributed by atoms with Gasteiger partial charge in [-0.1, -0.05) is 6.07 Å². The number of anilines is 1. The second kappa shape index (κ2) is 9.05. The summed E-state index contributed by atoms with van der Waals surface area (Å²) in [7, 11) is 0. The van der Waals surface area contributed by atoms with Crippen molar-refractivity contribution in [3.63, 3.8) is 0 Å². The van der Waals surface area contributed by atoms with Crippen molar-refractivity contribution in [2.75, 3.05) is 18.4 Å². The fourth-order valence-electron chi connectivity index (χ4n) is 4.49. The maximum absolute atomic E-state index is 13.3. The summed E-state index contributed by atoms with van der Waals surface area (Å²) in [6.07, 6.45) is 4.25. The molecule has 1 saturated heterocycles. The largest absolute Gasteiger partial charge is 0.487 e. The van der Waals surface area contributed by atoms with Crippen LogP contribution in [0.5, 0.6) is 5.75 Å². The van der Waals surface area contributed by atoms with Gasteiger partial charge in [-0.2, -0.15) is 5.10 Å². The lowest BCUT2D eigenvalue weighted by molar-refractivity contribution is -0.131. The Hall–Kier alpha value is -3.68. The number of amides is 2. The molecule has 1 aromatic heterocycles. The third kappa shape index (κ3) is 4.60. The Balaban J connectivity index is 1.25. The molecule has 2 amide bonds. The number of aromatic nitrogens is 2. The van der Waals surface area contributed by atoms with Gasteiger partial charge >= 0.3 is 0 Å². The van der Waals surface area contributed by atoms with Crippen molar-refractivity contribution in [1.29, 1.82) is 0 Å². The molecule has 1 aliphatic heterocycles. The minimum Gasteiger partial charge on any atom is -0.487 e. The molecule has 1 fully saturated rings. The highest BCUT2D eigenvalue weighted by Crippen LogP contribution is 2.29. The fourth-order valence-corrected chi connectivity index (χ4v) is 4.49. The van der Waals surface area contributed by atoms with Crippen LogP contribution in [0.1, 0.15) is 36.2 Å². The van der Waals surface area contributed by atoms with Crippen LogP contribution in [0.4, 0.5) is 10.1 Å². The second-order valence-corrected chi connectivity index (χ2v) is 8.40. The van der Waals surface area contributed by atoms with E-state index in [1.54, 1.807) is 29.2 Å². The van der Waals surface area contributed by atoms with Crippen molar-refractivity contribution in [2.45, 2.75) is 38.7 Å². The predicted octanol–water partition coefficient (Wildman–Crippen LogP) is 3.64. The Kier molecular flexibility index (Phi) is 5.81. The standard InChI is InChI=1S/C25H25FN4O3/c26-17-9-11-19(12-10-17)30-23-7-2-6-21(23)22(28-30)16-33-20-5-1-4-18(14-20)27-24(31)15-29-13-3-8-25(29)32/h1,4-5,9-12,14H,2-3,6-8,13,15-16H2,(H,27,31). The van der Waals surface area contributed by atoms with E-state index in [0.29, 0.717) is 31.0 Å². The molecule has 5 rings (SSSR count). The maximum Gasteiger partial charge on any atom is 0.243 e. The van der Waals surface area contributed by atoms with Gasteiger partial charge in [0.1, 0.15) is 23.9 Å². The highest BCUT2D eigenvalue weighted by molar-refractivity contribution is 5.95. The average Bonchev–Trinajstić information content (AvgIpc) is 3.51. The van der Waals surface area contributed by atoms with Crippen LogP contribution in [-0.2, 0) is 29.0 Å². The lowest BCUT2D eigenvalue weighted by atomic mass is 10.2. The number of halogens is 1. The van der Waals surface area contributed by atoms with E-state index in [1.165, 1.54) is 17.7 Å². The lowest BCUT2D eigenvalue weighted by Gasteiger charge is -2.15. The molecule has 8 heteroatoms. The molecule has 7 nitrogen and oxygen atoms in total. The first-order valence-corrected chi connectivity index (χ1v) is 11.2. The Bertz CT molecular complexity index is 1190. The molecule has 0 bridgehead atoms. The molecule has 1 N–H and O–H groups in total. The second-order valence-electron chi connectivity index (χ2n) is 8.40. The van der Waals surface area contributed by atoms with E-state index in [-0.39, 0.29) is 24.2 Å². The van der Waals surface area contributed by atoms with E-state index in [1.807, 2.05) is 16.8 Å². The van der Waals surface area contributed by atoms with Gasteiger partial charge in [-0.05, 0) is 62.1 Å². The summed E-state index contributed by atoms with van der Waals surface area (Å²) in [5.41, 5.74) is 4.67. The third-order valence-corrected chi connectivity index (χ3v) is 6.08. The normalized spacial score (nSPS) is 15.1. The number of carbonyl (C=O) groups is 2. The molecule has 0 radical (unpaired) electrons. The number of hydrogen-bond donors (Lipinski definition) is 1. The Labute approximate surface area is 191 Å². The van der Waals surface area contributed by atoms with Crippen LogP contribution in [0.15, 0.2) is 48.5 Å². The minimum atomic E-state index is -0.273. The number of ether oxygens (including phenoxy) is 1. The summed E-state index contributed by atoms with van der Waals surface area (Å²) in [5, 5.41) is 7.58. The van der Waals surface area contributed by atoms with Crippen molar-refractivity contribution >= 4 is 17.5 Å². The van der Waals surface area contributed by atoms with Gasteiger partial charge in [0.15, 0.2) is 0 Å². The first kappa shape index (κ1) is 21.2. The summed E-state index contributed by atoms with van der Waals surface area (Å²) in [5.74, 6) is 0.145. The van der Waals surface area contributed by atoms with Gasteiger partial charge in [-0.15, -0.1) is 0 Å². The van der Waals surface area contributed by atoms with Crippen molar-refractivity contribution in [3.05, 3.63) is 71.3 Å². The number of benzene rings is 2. The maximum atomic E-state index is 13.3. The van der Waals surface area contributed by atoms with E-state index in [2.05, 4.69) is 5.32 Å². The monoisotopic (exact) mass is 448 g/mol. The summed E-state index contributed by atoms with van der Waals surface area (Å²) >= 11 is 0. The highest BCUT2D eigenvalue weighted by Gasteiger charge is 2.24. The lowest BCUT2D eigenvalue weighted by Crippen LogP contribution is -2.33. The fraction of sp³-hybridized carbons (Fsp3) is 0.320. The number of fused-ring (bicyclic) bond motifs is 1. The van der Waals surface area contributed by atoms with Crippen LogP contribution in [0.3, 0.4) is 0 Å². The zero-order valence-electron chi connectivity index (χ0n) is 18.2. The van der Waals surface area contributed by atoms with Gasteiger partial charge in [0.25, 0.3) is 0 Å². The zero-order valence-corrected chi connectivity index (χ0v) is 18.2. The molecule has 33 heavy (non-hydrogen) atoms. The molecule has 1 aliphatic carbocycles. The molecule has 2 heterocycles. The minimum absolute atomic E-state index is 0.0230. The van der Waals surface area contributed by atoms with Crippen LogP contribution in [-0.4, -0.2) is 39.6 Å². The van der Waals surface area contributed by atoms with Gasteiger partial charge in [0.2, 0.25) is 11.8 Å². The molecular weight excluding hydrogens is 423 g/mol. The molecule has 2 aromatic carbocycles. The van der Waals surface area contributed by atoms with Crippen molar-refractivity contribution in [2.24, 2.45) is 0 Å². The number of likely N-dealkylation sites (tertiary alicyclic amines) is 1. The third-order valence-electron chi connectivity index (χ3n) is 6.08. The molecule has 3 aromatic rings. The molecule has 2 aliphatic rings. The van der Waals surface area contributed by atoms with E-state index in [4.69, 9.17) is 9.84 Å². The van der Waals surface area contributed by atoms with E-state index in [9.17, 15) is 14.0 Å². The summed E-state index contributed by atoms with van der Waals surface area (Å²) in [6, 6.07) is 13.5. The number of hydrogen-bond acceptors (Lipinski definition) is 4. The molecular formula is C25H25FN4O3. The van der Waals surface area contributed by atoms with Gasteiger partial charge in [0, 0.05) is 36.0 Å². The molecule has 170 valence electrons. The SMILES string of the molecule is O=C(CN1CCCC1=O)Nc1cccc(OCc2nn(-c3ccc(F)cc3)c3c2CCC3)c1. The van der Waals surface area contributed by atoms with E-state index < -0.39 is 0 Å². The smallest absolute Gasteiger partial charge is 0.243 e. The van der Waals surface area contributed by atoms with Crippen molar-refractivity contribution in [3.8, 4) is 11.4 Å². The Morgan fingerprint density at radius 2 is 1.94 bits per heavy atom. The first-order valence-electron chi connectivity index (χ1n) is 11.2. The number of carbonyl (C=O) groups excluding carboxylic acids is 2. The van der Waals surface area contributed by atoms with E-state index in [0.717, 1.165) is 42.8 Å². The van der Waals surface area contributed by atoms with Crippen LogP contribution in [0, 0.1) is 5.82 Å². The highest BCUT2D eigenvalue weighted by atomic mass is 19.1. The molecule has 0 unspecified atom stereocenters. The van der Waals surface area contributed by atoms with Crippen LogP contribution in [0.2, 0.25) is 0 Å². The molecule has 0 atom stereocenters. The number of nitrogens with one attached hydrogen (secondary N) is 1. The average molecular weight is 448 g/mol. The predicted molar refractivity (Wildman–Crippen MR) is 121 cm³/mol. The number of rotatable bonds is 7. The summed E-state index contributed by atoms with van der Waals surface area (Å²) in [6.45, 7) is 0.997. The van der Waals surface area contributed by atoms with Gasteiger partial charge in [-0.3, -0.25) is 9.59 Å². The molecule has 0 spiro atoms. The Morgan fingerprint density at radius 1 is 1.09 bits per heavy atom. The van der Waals surface area contributed by atoms with Crippen molar-refractivity contribution in [1.82, 2.24) is 14.7 Å². The zero-order chi connectivity index (χ0) is 22.8. The van der Waals surface area contributed by atoms with Gasteiger partial charge in [0.05, 0.1) is 12.2 Å². The van der Waals surface area contributed by atoms with Crippen molar-refractivity contribution < 1.29 is 18.7 Å². The van der Waals surface area contributed by atoms with Crippen LogP contribution < -0.4 is 10.1 Å².